The maximum atomic E-state index is 13.8. The van der Waals surface area contributed by atoms with Gasteiger partial charge in [-0.25, -0.2) is 4.39 Å². The summed E-state index contributed by atoms with van der Waals surface area (Å²) in [5.41, 5.74) is 7.69. The Morgan fingerprint density at radius 1 is 1.24 bits per heavy atom. The number of hydrogen-bond acceptors (Lipinski definition) is 3. The van der Waals surface area contributed by atoms with Gasteiger partial charge in [0, 0.05) is 36.8 Å². The Morgan fingerprint density at radius 2 is 1.88 bits per heavy atom. The minimum absolute atomic E-state index is 0.0811. The van der Waals surface area contributed by atoms with E-state index in [4.69, 9.17) is 17.3 Å². The molecule has 2 rings (SSSR count). The maximum absolute atomic E-state index is 13.8. The molecule has 136 valence electrons. The van der Waals surface area contributed by atoms with Crippen LogP contribution in [0.3, 0.4) is 0 Å². The number of nitrogens with two attached hydrogens (primary N) is 1. The molecule has 0 saturated heterocycles. The lowest BCUT2D eigenvalue weighted by molar-refractivity contribution is 0.446. The van der Waals surface area contributed by atoms with Crippen molar-refractivity contribution in [1.29, 1.82) is 0 Å². The number of hydrogen-bond donors (Lipinski definition) is 2. The van der Waals surface area contributed by atoms with E-state index in [0.717, 1.165) is 15.4 Å². The molecular weight excluding hydrogens is 365 g/mol. The summed E-state index contributed by atoms with van der Waals surface area (Å²) in [4.78, 5) is 0. The van der Waals surface area contributed by atoms with E-state index in [0.29, 0.717) is 0 Å². The Kier molecular flexibility index (Phi) is 6.53. The van der Waals surface area contributed by atoms with Crippen LogP contribution in [0.1, 0.15) is 29.7 Å². The molecule has 0 aliphatic carbocycles. The predicted molar refractivity (Wildman–Crippen MR) is 97.7 cm³/mol. The van der Waals surface area contributed by atoms with Crippen LogP contribution in [0, 0.1) is 5.82 Å². The van der Waals surface area contributed by atoms with E-state index in [9.17, 15) is 12.8 Å². The molecule has 0 aromatic heterocycles. The summed E-state index contributed by atoms with van der Waals surface area (Å²) in [6.45, 7) is 1.84. The average Bonchev–Trinajstić information content (AvgIpc) is 2.56. The fraction of sp³-hybridized carbons (Fsp3) is 0.294. The maximum Gasteiger partial charge on any atom is 0.279 e. The van der Waals surface area contributed by atoms with Crippen LogP contribution in [0.4, 0.5) is 4.39 Å². The van der Waals surface area contributed by atoms with Crippen LogP contribution < -0.4 is 10.5 Å². The smallest absolute Gasteiger partial charge is 0.279 e. The summed E-state index contributed by atoms with van der Waals surface area (Å²) in [5.74, 6) is -0.541. The lowest BCUT2D eigenvalue weighted by Gasteiger charge is -2.19. The highest BCUT2D eigenvalue weighted by Gasteiger charge is 2.20. The van der Waals surface area contributed by atoms with Gasteiger partial charge >= 0.3 is 0 Å². The van der Waals surface area contributed by atoms with E-state index >= 15 is 0 Å². The van der Waals surface area contributed by atoms with Crippen molar-refractivity contribution >= 4 is 21.8 Å². The summed E-state index contributed by atoms with van der Waals surface area (Å²) >= 11 is 5.94. The Labute approximate surface area is 152 Å². The first kappa shape index (κ1) is 19.8. The van der Waals surface area contributed by atoms with Gasteiger partial charge in [-0.3, -0.25) is 0 Å². The zero-order valence-corrected chi connectivity index (χ0v) is 15.6. The van der Waals surface area contributed by atoms with Gasteiger partial charge in [-0.15, -0.1) is 0 Å². The Hall–Kier alpha value is -1.51. The van der Waals surface area contributed by atoms with Crippen LogP contribution in [-0.2, 0) is 23.3 Å². The number of nitrogens with one attached hydrogen (secondary N) is 1. The third kappa shape index (κ3) is 5.23. The van der Waals surface area contributed by atoms with Crippen molar-refractivity contribution < 1.29 is 12.8 Å². The monoisotopic (exact) mass is 385 g/mol. The van der Waals surface area contributed by atoms with Crippen LogP contribution in [0.25, 0.3) is 0 Å². The summed E-state index contributed by atoms with van der Waals surface area (Å²) in [6.07, 6.45) is 0. The van der Waals surface area contributed by atoms with Gasteiger partial charge in [-0.05, 0) is 30.2 Å². The third-order valence-electron chi connectivity index (χ3n) is 3.82. The molecule has 2 aromatic carbocycles. The van der Waals surface area contributed by atoms with E-state index < -0.39 is 16.0 Å². The average molecular weight is 386 g/mol. The van der Waals surface area contributed by atoms with Gasteiger partial charge in [-0.1, -0.05) is 41.9 Å². The van der Waals surface area contributed by atoms with Crippen LogP contribution in [0.15, 0.2) is 42.5 Å². The Morgan fingerprint density at radius 3 is 2.44 bits per heavy atom. The molecule has 0 aliphatic heterocycles. The van der Waals surface area contributed by atoms with Gasteiger partial charge < -0.3 is 5.73 Å². The fourth-order valence-corrected chi connectivity index (χ4v) is 3.31. The Balaban J connectivity index is 2.03. The normalized spacial score (nSPS) is 13.2. The van der Waals surface area contributed by atoms with Gasteiger partial charge in [0.05, 0.1) is 0 Å². The highest BCUT2D eigenvalue weighted by molar-refractivity contribution is 7.87. The lowest BCUT2D eigenvalue weighted by atomic mass is 10.1. The number of rotatable bonds is 7. The van der Waals surface area contributed by atoms with E-state index in [2.05, 4.69) is 4.72 Å². The molecule has 3 N–H and O–H groups in total. The molecule has 0 radical (unpaired) electrons. The van der Waals surface area contributed by atoms with Crippen molar-refractivity contribution in [3.8, 4) is 0 Å². The lowest BCUT2D eigenvalue weighted by Crippen LogP contribution is -2.37. The second kappa shape index (κ2) is 8.25. The van der Waals surface area contributed by atoms with Crippen molar-refractivity contribution in [3.05, 3.63) is 70.0 Å². The van der Waals surface area contributed by atoms with E-state index in [-0.39, 0.29) is 29.7 Å². The first-order valence-electron chi connectivity index (χ1n) is 7.69. The molecule has 0 spiro atoms. The van der Waals surface area contributed by atoms with E-state index in [1.54, 1.807) is 0 Å². The van der Waals surface area contributed by atoms with Gasteiger partial charge in [0.15, 0.2) is 0 Å². The molecule has 0 saturated carbocycles. The molecule has 0 heterocycles. The van der Waals surface area contributed by atoms with Crippen molar-refractivity contribution in [2.75, 3.05) is 7.05 Å². The van der Waals surface area contributed by atoms with Gasteiger partial charge in [0.1, 0.15) is 5.82 Å². The third-order valence-corrected chi connectivity index (χ3v) is 5.63. The molecule has 0 aliphatic rings. The van der Waals surface area contributed by atoms with Crippen molar-refractivity contribution in [2.24, 2.45) is 5.73 Å². The topological polar surface area (TPSA) is 75.4 Å². The first-order valence-corrected chi connectivity index (χ1v) is 9.50. The van der Waals surface area contributed by atoms with E-state index in [1.807, 2.05) is 31.2 Å². The molecule has 0 amide bonds. The van der Waals surface area contributed by atoms with Crippen LogP contribution in [0.2, 0.25) is 5.02 Å². The number of nitrogens with zero attached hydrogens (tertiary/aromatic N) is 1. The molecular formula is C17H21ClFN3O2S. The number of halogens is 2. The molecule has 0 bridgehead atoms. The molecule has 0 fully saturated rings. The highest BCUT2D eigenvalue weighted by Crippen LogP contribution is 2.21. The first-order chi connectivity index (χ1) is 11.7. The quantitative estimate of drug-likeness (QED) is 0.769. The van der Waals surface area contributed by atoms with Crippen LogP contribution in [0.5, 0.6) is 0 Å². The van der Waals surface area contributed by atoms with Crippen molar-refractivity contribution in [3.63, 3.8) is 0 Å². The van der Waals surface area contributed by atoms with Gasteiger partial charge in [-0.2, -0.15) is 17.4 Å². The second-order valence-corrected chi connectivity index (χ2v) is 8.08. The molecule has 2 aromatic rings. The summed E-state index contributed by atoms with van der Waals surface area (Å²) in [7, 11) is -2.42. The zero-order chi connectivity index (χ0) is 18.6. The molecule has 8 heteroatoms. The Bertz CT molecular complexity index is 806. The predicted octanol–water partition coefficient (Wildman–Crippen LogP) is 2.97. The fourth-order valence-electron chi connectivity index (χ4n) is 2.21. The standard InChI is InChI=1S/C17H21ClFN3O2S/c1-12(20)14-8-6-13(7-9-14)10-21-25(23,24)22(2)11-15-16(18)4-3-5-17(15)19/h3-9,12,21H,10-11,20H2,1-2H3. The second-order valence-electron chi connectivity index (χ2n) is 5.81. The van der Waals surface area contributed by atoms with Gasteiger partial charge in [0.2, 0.25) is 0 Å². The van der Waals surface area contributed by atoms with Gasteiger partial charge in [0.25, 0.3) is 10.2 Å². The highest BCUT2D eigenvalue weighted by atomic mass is 35.5. The summed E-state index contributed by atoms with van der Waals surface area (Å²) in [5, 5.41) is 0.188. The van der Waals surface area contributed by atoms with Crippen molar-refractivity contribution in [2.45, 2.75) is 26.1 Å². The summed E-state index contributed by atoms with van der Waals surface area (Å²) in [6, 6.07) is 11.5. The molecule has 5 nitrogen and oxygen atoms in total. The number of benzene rings is 2. The zero-order valence-electron chi connectivity index (χ0n) is 14.0. The largest absolute Gasteiger partial charge is 0.324 e. The van der Waals surface area contributed by atoms with E-state index in [1.165, 1.54) is 25.2 Å². The van der Waals surface area contributed by atoms with Crippen LogP contribution in [-0.4, -0.2) is 19.8 Å². The summed E-state index contributed by atoms with van der Waals surface area (Å²) < 4.78 is 42.0. The minimum Gasteiger partial charge on any atom is -0.324 e. The molecule has 25 heavy (non-hydrogen) atoms. The molecule has 1 unspecified atom stereocenters. The van der Waals surface area contributed by atoms with Crippen LogP contribution >= 0.6 is 11.6 Å². The molecule has 1 atom stereocenters. The van der Waals surface area contributed by atoms with Crippen molar-refractivity contribution in [1.82, 2.24) is 9.03 Å². The minimum atomic E-state index is -3.78. The SMILES string of the molecule is CC(N)c1ccc(CNS(=O)(=O)N(C)Cc2c(F)cccc2Cl)cc1.